The lowest BCUT2D eigenvalue weighted by Crippen LogP contribution is -2.54. The summed E-state index contributed by atoms with van der Waals surface area (Å²) in [6.45, 7) is 0.116. The van der Waals surface area contributed by atoms with E-state index < -0.39 is 23.4 Å². The SMILES string of the molecule is COc1ccc2c(c1)C(=O)N(C[C@@]1(C#Cc3cccc(C(N)=O)c3)NC(=O)NC1=O)C2. The number of urea groups is 1. The van der Waals surface area contributed by atoms with Gasteiger partial charge in [0.1, 0.15) is 5.75 Å². The van der Waals surface area contributed by atoms with Crippen molar-refractivity contribution in [2.75, 3.05) is 13.7 Å². The maximum atomic E-state index is 12.9. The largest absolute Gasteiger partial charge is 0.497 e. The third-order valence-electron chi connectivity index (χ3n) is 5.13. The van der Waals surface area contributed by atoms with E-state index >= 15 is 0 Å². The van der Waals surface area contributed by atoms with Crippen LogP contribution in [0.5, 0.6) is 5.75 Å². The molecule has 0 radical (unpaired) electrons. The van der Waals surface area contributed by atoms with Crippen LogP contribution in [0, 0.1) is 11.8 Å². The Hall–Kier alpha value is -4.32. The molecule has 1 atom stereocenters. The fourth-order valence-corrected chi connectivity index (χ4v) is 3.54. The van der Waals surface area contributed by atoms with E-state index in [1.54, 1.807) is 36.4 Å². The van der Waals surface area contributed by atoms with Crippen molar-refractivity contribution < 1.29 is 23.9 Å². The van der Waals surface area contributed by atoms with Crippen LogP contribution in [-0.4, -0.2) is 47.8 Å². The average Bonchev–Trinajstić information content (AvgIpc) is 3.21. The summed E-state index contributed by atoms with van der Waals surface area (Å²) in [4.78, 5) is 50.3. The summed E-state index contributed by atoms with van der Waals surface area (Å²) in [5, 5.41) is 4.72. The number of primary amides is 1. The molecule has 0 saturated carbocycles. The number of imide groups is 1. The zero-order valence-electron chi connectivity index (χ0n) is 16.5. The molecule has 2 aliphatic rings. The molecule has 4 rings (SSSR count). The first kappa shape index (κ1) is 20.0. The zero-order valence-corrected chi connectivity index (χ0v) is 16.5. The fraction of sp³-hybridized carbons (Fsp3) is 0.182. The van der Waals surface area contributed by atoms with Crippen LogP contribution >= 0.6 is 0 Å². The summed E-state index contributed by atoms with van der Waals surface area (Å²) in [5.41, 5.74) is 5.61. The number of hydrogen-bond donors (Lipinski definition) is 3. The Kier molecular flexibility index (Phi) is 4.83. The lowest BCUT2D eigenvalue weighted by atomic mass is 9.98. The number of carbonyl (C=O) groups is 4. The molecule has 2 aromatic rings. The van der Waals surface area contributed by atoms with Crippen molar-refractivity contribution in [2.24, 2.45) is 5.73 Å². The number of nitrogens with one attached hydrogen (secondary N) is 2. The summed E-state index contributed by atoms with van der Waals surface area (Å²) < 4.78 is 5.17. The van der Waals surface area contributed by atoms with Crippen molar-refractivity contribution in [3.05, 3.63) is 64.7 Å². The number of amides is 5. The Morgan fingerprint density at radius 2 is 2.03 bits per heavy atom. The van der Waals surface area contributed by atoms with E-state index in [-0.39, 0.29) is 24.6 Å². The molecule has 1 fully saturated rings. The first-order valence-corrected chi connectivity index (χ1v) is 9.34. The number of fused-ring (bicyclic) bond motifs is 1. The van der Waals surface area contributed by atoms with Crippen molar-refractivity contribution in [2.45, 2.75) is 12.1 Å². The van der Waals surface area contributed by atoms with Gasteiger partial charge in [0.2, 0.25) is 11.4 Å². The topological polar surface area (TPSA) is 131 Å². The van der Waals surface area contributed by atoms with Gasteiger partial charge in [-0.05, 0) is 35.9 Å². The molecule has 2 aromatic carbocycles. The van der Waals surface area contributed by atoms with Gasteiger partial charge in [-0.3, -0.25) is 19.7 Å². The molecule has 31 heavy (non-hydrogen) atoms. The number of nitrogens with zero attached hydrogens (tertiary/aromatic N) is 1. The predicted octanol–water partition coefficient (Wildman–Crippen LogP) is 0.380. The number of methoxy groups -OCH3 is 1. The highest BCUT2D eigenvalue weighted by molar-refractivity contribution is 6.10. The van der Waals surface area contributed by atoms with Crippen LogP contribution < -0.4 is 21.1 Å². The van der Waals surface area contributed by atoms with Gasteiger partial charge in [0, 0.05) is 23.2 Å². The molecular formula is C22H18N4O5. The van der Waals surface area contributed by atoms with Gasteiger partial charge in [0.05, 0.1) is 13.7 Å². The number of ether oxygens (including phenoxy) is 1. The molecule has 0 bridgehead atoms. The van der Waals surface area contributed by atoms with Gasteiger partial charge in [-0.25, -0.2) is 4.79 Å². The molecule has 2 aliphatic heterocycles. The number of carbonyl (C=O) groups excluding carboxylic acids is 4. The Bertz CT molecular complexity index is 1200. The number of nitrogens with two attached hydrogens (primary N) is 1. The summed E-state index contributed by atoms with van der Waals surface area (Å²) in [7, 11) is 1.51. The van der Waals surface area contributed by atoms with Gasteiger partial charge >= 0.3 is 6.03 Å². The summed E-state index contributed by atoms with van der Waals surface area (Å²) >= 11 is 0. The van der Waals surface area contributed by atoms with Gasteiger partial charge in [-0.2, -0.15) is 0 Å². The van der Waals surface area contributed by atoms with Gasteiger partial charge in [0.25, 0.3) is 11.8 Å². The van der Waals surface area contributed by atoms with E-state index in [1.807, 2.05) is 0 Å². The number of rotatable bonds is 4. The second kappa shape index (κ2) is 7.50. The van der Waals surface area contributed by atoms with Gasteiger partial charge in [0.15, 0.2) is 0 Å². The lowest BCUT2D eigenvalue weighted by Gasteiger charge is -2.26. The van der Waals surface area contributed by atoms with Gasteiger partial charge < -0.3 is 20.7 Å². The maximum Gasteiger partial charge on any atom is 0.323 e. The molecule has 2 heterocycles. The van der Waals surface area contributed by atoms with E-state index in [1.165, 1.54) is 18.1 Å². The van der Waals surface area contributed by atoms with Crippen LogP contribution in [-0.2, 0) is 11.3 Å². The van der Waals surface area contributed by atoms with Crippen LogP contribution in [0.3, 0.4) is 0 Å². The Morgan fingerprint density at radius 1 is 1.23 bits per heavy atom. The van der Waals surface area contributed by atoms with Gasteiger partial charge in [-0.15, -0.1) is 0 Å². The minimum atomic E-state index is -1.64. The molecule has 9 nitrogen and oxygen atoms in total. The quantitative estimate of drug-likeness (QED) is 0.488. The molecule has 0 spiro atoms. The smallest absolute Gasteiger partial charge is 0.323 e. The van der Waals surface area contributed by atoms with Crippen molar-refractivity contribution in [3.63, 3.8) is 0 Å². The third kappa shape index (κ3) is 3.67. The van der Waals surface area contributed by atoms with E-state index in [0.29, 0.717) is 16.9 Å². The molecule has 0 unspecified atom stereocenters. The van der Waals surface area contributed by atoms with Crippen LogP contribution in [0.4, 0.5) is 4.79 Å². The monoisotopic (exact) mass is 418 g/mol. The summed E-state index contributed by atoms with van der Waals surface area (Å²) in [6.07, 6.45) is 0. The predicted molar refractivity (Wildman–Crippen MR) is 109 cm³/mol. The minimum Gasteiger partial charge on any atom is -0.497 e. The Morgan fingerprint density at radius 3 is 2.71 bits per heavy atom. The summed E-state index contributed by atoms with van der Waals surface area (Å²) in [5.74, 6) is 4.59. The first-order chi connectivity index (χ1) is 14.8. The highest BCUT2D eigenvalue weighted by Crippen LogP contribution is 2.28. The molecule has 0 aliphatic carbocycles. The van der Waals surface area contributed by atoms with Crippen LogP contribution in [0.2, 0.25) is 0 Å². The first-order valence-electron chi connectivity index (χ1n) is 9.34. The van der Waals surface area contributed by atoms with E-state index in [0.717, 1.165) is 5.56 Å². The number of benzene rings is 2. The molecule has 1 saturated heterocycles. The highest BCUT2D eigenvalue weighted by atomic mass is 16.5. The van der Waals surface area contributed by atoms with E-state index in [4.69, 9.17) is 10.5 Å². The maximum absolute atomic E-state index is 12.9. The van der Waals surface area contributed by atoms with E-state index in [9.17, 15) is 19.2 Å². The molecular weight excluding hydrogens is 400 g/mol. The third-order valence-corrected chi connectivity index (χ3v) is 5.13. The standard InChI is InChI=1S/C22H18N4O5/c1-31-16-6-5-15-11-26(19(28)17(15)10-16)12-22(20(29)24-21(30)25-22)8-7-13-3-2-4-14(9-13)18(23)27/h2-6,9-10H,11-12H2,1H3,(H2,23,27)(H2,24,25,29,30)/t22-/m1/s1. The van der Waals surface area contributed by atoms with Crippen LogP contribution in [0.1, 0.15) is 31.8 Å². The molecule has 0 aromatic heterocycles. The van der Waals surface area contributed by atoms with Crippen molar-refractivity contribution in [3.8, 4) is 17.6 Å². The molecule has 9 heteroatoms. The number of hydrogen-bond acceptors (Lipinski definition) is 5. The highest BCUT2D eigenvalue weighted by Gasteiger charge is 2.48. The van der Waals surface area contributed by atoms with Gasteiger partial charge in [-0.1, -0.05) is 24.0 Å². The summed E-state index contributed by atoms with van der Waals surface area (Å²) in [6, 6.07) is 10.8. The van der Waals surface area contributed by atoms with E-state index in [2.05, 4.69) is 22.5 Å². The van der Waals surface area contributed by atoms with Crippen molar-refractivity contribution >= 4 is 23.8 Å². The molecule has 4 N–H and O–H groups in total. The molecule has 5 amide bonds. The lowest BCUT2D eigenvalue weighted by molar-refractivity contribution is -0.122. The fourth-order valence-electron chi connectivity index (χ4n) is 3.54. The van der Waals surface area contributed by atoms with Crippen molar-refractivity contribution in [1.29, 1.82) is 0 Å². The second-order valence-electron chi connectivity index (χ2n) is 7.19. The Labute approximate surface area is 177 Å². The second-order valence-corrected chi connectivity index (χ2v) is 7.19. The zero-order chi connectivity index (χ0) is 22.2. The van der Waals surface area contributed by atoms with Crippen LogP contribution in [0.15, 0.2) is 42.5 Å². The Balaban J connectivity index is 1.65. The van der Waals surface area contributed by atoms with Crippen molar-refractivity contribution in [1.82, 2.24) is 15.5 Å². The molecule has 156 valence electrons. The average molecular weight is 418 g/mol. The normalized spacial score (nSPS) is 19.3. The minimum absolute atomic E-state index is 0.150. The van der Waals surface area contributed by atoms with Crippen LogP contribution in [0.25, 0.3) is 0 Å².